The van der Waals surface area contributed by atoms with Gasteiger partial charge in [0.15, 0.2) is 0 Å². The van der Waals surface area contributed by atoms with Gasteiger partial charge in [-0.15, -0.1) is 11.8 Å². The Labute approximate surface area is 116 Å². The van der Waals surface area contributed by atoms with Crippen molar-refractivity contribution in [1.29, 1.82) is 0 Å². The Morgan fingerprint density at radius 3 is 2.84 bits per heavy atom. The number of benzene rings is 1. The van der Waals surface area contributed by atoms with Crippen molar-refractivity contribution in [1.82, 2.24) is 0 Å². The number of hydrogen-bond donors (Lipinski definition) is 2. The van der Waals surface area contributed by atoms with E-state index in [0.29, 0.717) is 12.2 Å². The second-order valence-electron chi connectivity index (χ2n) is 4.45. The molecule has 0 radical (unpaired) electrons. The zero-order valence-electron chi connectivity index (χ0n) is 10.8. The minimum atomic E-state index is -0.406. The summed E-state index contributed by atoms with van der Waals surface area (Å²) in [5.41, 5.74) is 12.4. The lowest BCUT2D eigenvalue weighted by Crippen LogP contribution is -2.42. The topological polar surface area (TPSA) is 89.4 Å². The maximum atomic E-state index is 12.3. The van der Waals surface area contributed by atoms with E-state index < -0.39 is 5.91 Å². The number of amides is 2. The molecule has 1 atom stereocenters. The number of hydrogen-bond acceptors (Lipinski definition) is 4. The van der Waals surface area contributed by atoms with Gasteiger partial charge in [-0.2, -0.15) is 0 Å². The number of primary amides is 1. The quantitative estimate of drug-likeness (QED) is 0.814. The van der Waals surface area contributed by atoms with Gasteiger partial charge in [-0.1, -0.05) is 6.92 Å². The third-order valence-corrected chi connectivity index (χ3v) is 4.44. The van der Waals surface area contributed by atoms with E-state index in [1.54, 1.807) is 11.0 Å². The Morgan fingerprint density at radius 2 is 2.21 bits per heavy atom. The van der Waals surface area contributed by atoms with Gasteiger partial charge in [-0.05, 0) is 24.6 Å². The number of fused-ring (bicyclic) bond motifs is 1. The van der Waals surface area contributed by atoms with E-state index in [0.717, 1.165) is 17.0 Å². The van der Waals surface area contributed by atoms with Gasteiger partial charge in [0.1, 0.15) is 0 Å². The van der Waals surface area contributed by atoms with Crippen LogP contribution in [0.1, 0.15) is 19.8 Å². The van der Waals surface area contributed by atoms with Crippen molar-refractivity contribution in [2.75, 3.05) is 17.2 Å². The minimum absolute atomic E-state index is 0.0334. The van der Waals surface area contributed by atoms with Crippen LogP contribution in [-0.2, 0) is 9.59 Å². The van der Waals surface area contributed by atoms with Gasteiger partial charge in [0.25, 0.3) is 0 Å². The SMILES string of the molecule is CCC1Sc2cc(N)ccc2N(CCC(N)=O)C1=O. The van der Waals surface area contributed by atoms with Crippen molar-refractivity contribution in [3.8, 4) is 0 Å². The third-order valence-electron chi connectivity index (χ3n) is 3.04. The molecule has 1 aliphatic heterocycles. The van der Waals surface area contributed by atoms with E-state index in [1.807, 2.05) is 19.1 Å². The Balaban J connectivity index is 2.34. The standard InChI is InChI=1S/C13H17N3O2S/c1-2-10-13(18)16(6-5-12(15)17)9-4-3-8(14)7-11(9)19-10/h3-4,7,10H,2,5-6,14H2,1H3,(H2,15,17). The molecule has 102 valence electrons. The Bertz CT molecular complexity index is 519. The van der Waals surface area contributed by atoms with Gasteiger partial charge in [0, 0.05) is 23.5 Å². The molecule has 0 fully saturated rings. The average Bonchev–Trinajstić information content (AvgIpc) is 2.37. The molecule has 0 aromatic heterocycles. The number of nitrogen functional groups attached to an aromatic ring is 1. The van der Waals surface area contributed by atoms with Crippen LogP contribution in [0.3, 0.4) is 0 Å². The number of carbonyl (C=O) groups is 2. The van der Waals surface area contributed by atoms with Gasteiger partial charge < -0.3 is 16.4 Å². The minimum Gasteiger partial charge on any atom is -0.399 e. The van der Waals surface area contributed by atoms with E-state index in [2.05, 4.69) is 0 Å². The monoisotopic (exact) mass is 279 g/mol. The highest BCUT2D eigenvalue weighted by Gasteiger charge is 2.32. The maximum Gasteiger partial charge on any atom is 0.240 e. The van der Waals surface area contributed by atoms with Crippen molar-refractivity contribution in [2.24, 2.45) is 5.73 Å². The van der Waals surface area contributed by atoms with Gasteiger partial charge in [-0.3, -0.25) is 9.59 Å². The third kappa shape index (κ3) is 2.84. The summed E-state index contributed by atoms with van der Waals surface area (Å²) in [6, 6.07) is 5.45. The lowest BCUT2D eigenvalue weighted by atomic mass is 10.2. The molecule has 1 unspecified atom stereocenters. The largest absolute Gasteiger partial charge is 0.399 e. The van der Waals surface area contributed by atoms with Crippen LogP contribution in [0, 0.1) is 0 Å². The molecule has 0 saturated carbocycles. The Kier molecular flexibility index (Phi) is 3.99. The molecule has 0 aliphatic carbocycles. The van der Waals surface area contributed by atoms with Crippen molar-refractivity contribution in [3.05, 3.63) is 18.2 Å². The van der Waals surface area contributed by atoms with E-state index >= 15 is 0 Å². The molecule has 4 N–H and O–H groups in total. The van der Waals surface area contributed by atoms with Crippen molar-refractivity contribution < 1.29 is 9.59 Å². The van der Waals surface area contributed by atoms with Crippen molar-refractivity contribution >= 4 is 35.0 Å². The lowest BCUT2D eigenvalue weighted by molar-refractivity contribution is -0.119. The van der Waals surface area contributed by atoms with Crippen LogP contribution in [0.4, 0.5) is 11.4 Å². The summed E-state index contributed by atoms with van der Waals surface area (Å²) in [4.78, 5) is 25.9. The second-order valence-corrected chi connectivity index (χ2v) is 5.69. The molecule has 1 aromatic rings. The summed E-state index contributed by atoms with van der Waals surface area (Å²) in [5.74, 6) is -0.373. The number of anilines is 2. The van der Waals surface area contributed by atoms with E-state index in [9.17, 15) is 9.59 Å². The summed E-state index contributed by atoms with van der Waals surface area (Å²) in [6.07, 6.45) is 0.904. The van der Waals surface area contributed by atoms with Gasteiger partial charge in [0.05, 0.1) is 10.9 Å². The molecule has 1 aliphatic rings. The van der Waals surface area contributed by atoms with Gasteiger partial charge >= 0.3 is 0 Å². The molecule has 19 heavy (non-hydrogen) atoms. The number of nitrogens with zero attached hydrogens (tertiary/aromatic N) is 1. The zero-order chi connectivity index (χ0) is 14.0. The van der Waals surface area contributed by atoms with E-state index in [1.165, 1.54) is 11.8 Å². The summed E-state index contributed by atoms with van der Waals surface area (Å²) in [5, 5.41) is -0.123. The fourth-order valence-corrected chi connectivity index (χ4v) is 3.26. The average molecular weight is 279 g/mol. The highest BCUT2D eigenvalue weighted by molar-refractivity contribution is 8.01. The molecule has 0 spiro atoms. The molecule has 0 saturated heterocycles. The van der Waals surface area contributed by atoms with Gasteiger partial charge in [0.2, 0.25) is 11.8 Å². The lowest BCUT2D eigenvalue weighted by Gasteiger charge is -2.33. The summed E-state index contributed by atoms with van der Waals surface area (Å²) >= 11 is 1.53. The molecular formula is C13H17N3O2S. The number of carbonyl (C=O) groups excluding carboxylic acids is 2. The molecule has 1 aromatic carbocycles. The fraction of sp³-hybridized carbons (Fsp3) is 0.385. The molecule has 5 nitrogen and oxygen atoms in total. The predicted molar refractivity (Wildman–Crippen MR) is 77.0 cm³/mol. The molecule has 2 rings (SSSR count). The number of nitrogens with two attached hydrogens (primary N) is 2. The predicted octanol–water partition coefficient (Wildman–Crippen LogP) is 1.36. The van der Waals surface area contributed by atoms with Crippen LogP contribution < -0.4 is 16.4 Å². The highest BCUT2D eigenvalue weighted by Crippen LogP contribution is 2.41. The first-order valence-electron chi connectivity index (χ1n) is 6.18. The van der Waals surface area contributed by atoms with Crippen LogP contribution in [-0.4, -0.2) is 23.6 Å². The number of rotatable bonds is 4. The molecule has 2 amide bonds. The maximum absolute atomic E-state index is 12.3. The Hall–Kier alpha value is -1.69. The normalized spacial score (nSPS) is 18.3. The summed E-state index contributed by atoms with van der Waals surface area (Å²) in [6.45, 7) is 2.29. The van der Waals surface area contributed by atoms with Gasteiger partial charge in [-0.25, -0.2) is 0 Å². The molecule has 0 bridgehead atoms. The first-order chi connectivity index (χ1) is 9.02. The van der Waals surface area contributed by atoms with Crippen molar-refractivity contribution in [2.45, 2.75) is 29.9 Å². The summed E-state index contributed by atoms with van der Waals surface area (Å²) < 4.78 is 0. The van der Waals surface area contributed by atoms with E-state index in [4.69, 9.17) is 11.5 Å². The first kappa shape index (κ1) is 13.7. The second kappa shape index (κ2) is 5.52. The molecular weight excluding hydrogens is 262 g/mol. The highest BCUT2D eigenvalue weighted by atomic mass is 32.2. The van der Waals surface area contributed by atoms with Crippen LogP contribution in [0.2, 0.25) is 0 Å². The van der Waals surface area contributed by atoms with Crippen LogP contribution in [0.25, 0.3) is 0 Å². The Morgan fingerprint density at radius 1 is 1.47 bits per heavy atom. The number of thioether (sulfide) groups is 1. The van der Waals surface area contributed by atoms with Crippen LogP contribution in [0.5, 0.6) is 0 Å². The smallest absolute Gasteiger partial charge is 0.240 e. The van der Waals surface area contributed by atoms with E-state index in [-0.39, 0.29) is 17.6 Å². The van der Waals surface area contributed by atoms with Crippen LogP contribution in [0.15, 0.2) is 23.1 Å². The fourth-order valence-electron chi connectivity index (χ4n) is 2.05. The summed E-state index contributed by atoms with van der Waals surface area (Å²) in [7, 11) is 0. The molecule has 6 heteroatoms. The van der Waals surface area contributed by atoms with Crippen LogP contribution >= 0.6 is 11.8 Å². The zero-order valence-corrected chi connectivity index (χ0v) is 11.6. The van der Waals surface area contributed by atoms with Crippen molar-refractivity contribution in [3.63, 3.8) is 0 Å². The first-order valence-corrected chi connectivity index (χ1v) is 7.06. The molecule has 1 heterocycles.